The highest BCUT2D eigenvalue weighted by atomic mass is 16.1. The number of benzene rings is 1. The SMILES string of the molecule is O=Cc1ccc2c(cnn2Cc2ccccc2)n1. The molecule has 4 heteroatoms. The topological polar surface area (TPSA) is 47.8 Å². The van der Waals surface area contributed by atoms with Crippen molar-refractivity contribution < 1.29 is 4.79 Å². The second kappa shape index (κ2) is 4.41. The maximum Gasteiger partial charge on any atom is 0.168 e. The van der Waals surface area contributed by atoms with E-state index in [1.165, 1.54) is 5.56 Å². The summed E-state index contributed by atoms with van der Waals surface area (Å²) in [6.07, 6.45) is 2.43. The molecule has 0 aliphatic carbocycles. The maximum atomic E-state index is 10.7. The highest BCUT2D eigenvalue weighted by Gasteiger charge is 2.05. The lowest BCUT2D eigenvalue weighted by Gasteiger charge is -2.03. The van der Waals surface area contributed by atoms with Gasteiger partial charge in [0.1, 0.15) is 11.2 Å². The van der Waals surface area contributed by atoms with Crippen molar-refractivity contribution in [2.45, 2.75) is 6.54 Å². The Morgan fingerprint density at radius 1 is 1.11 bits per heavy atom. The molecule has 0 amide bonds. The van der Waals surface area contributed by atoms with Gasteiger partial charge >= 0.3 is 0 Å². The first-order chi connectivity index (χ1) is 8.86. The van der Waals surface area contributed by atoms with Crippen LogP contribution in [0, 0.1) is 0 Å². The van der Waals surface area contributed by atoms with Crippen LogP contribution in [0.4, 0.5) is 0 Å². The molecule has 3 aromatic rings. The first-order valence-electron chi connectivity index (χ1n) is 5.68. The zero-order valence-electron chi connectivity index (χ0n) is 9.65. The van der Waals surface area contributed by atoms with Crippen molar-refractivity contribution in [2.24, 2.45) is 0 Å². The van der Waals surface area contributed by atoms with Crippen LogP contribution < -0.4 is 0 Å². The van der Waals surface area contributed by atoms with Gasteiger partial charge in [-0.3, -0.25) is 9.48 Å². The number of aldehydes is 1. The van der Waals surface area contributed by atoms with Gasteiger partial charge in [-0.05, 0) is 17.7 Å². The third-order valence-electron chi connectivity index (χ3n) is 2.82. The average Bonchev–Trinajstić information content (AvgIpc) is 2.82. The number of carbonyl (C=O) groups excluding carboxylic acids is 1. The summed E-state index contributed by atoms with van der Waals surface area (Å²) < 4.78 is 1.88. The molecule has 0 atom stereocenters. The molecule has 0 spiro atoms. The average molecular weight is 237 g/mol. The molecule has 0 fully saturated rings. The van der Waals surface area contributed by atoms with Crippen LogP contribution in [0.25, 0.3) is 11.0 Å². The minimum atomic E-state index is 0.432. The van der Waals surface area contributed by atoms with E-state index >= 15 is 0 Å². The molecule has 0 radical (unpaired) electrons. The molecule has 0 aliphatic rings. The highest BCUT2D eigenvalue weighted by molar-refractivity contribution is 5.80. The fourth-order valence-electron chi connectivity index (χ4n) is 1.93. The van der Waals surface area contributed by atoms with Crippen LogP contribution in [-0.4, -0.2) is 21.1 Å². The van der Waals surface area contributed by atoms with E-state index in [0.717, 1.165) is 17.3 Å². The monoisotopic (exact) mass is 237 g/mol. The number of nitrogens with zero attached hydrogens (tertiary/aromatic N) is 3. The largest absolute Gasteiger partial charge is 0.296 e. The molecule has 0 bridgehead atoms. The van der Waals surface area contributed by atoms with Crippen LogP contribution in [-0.2, 0) is 6.54 Å². The Kier molecular flexibility index (Phi) is 2.61. The zero-order valence-corrected chi connectivity index (χ0v) is 9.65. The van der Waals surface area contributed by atoms with Crippen LogP contribution in [0.15, 0.2) is 48.7 Å². The Hall–Kier alpha value is -2.49. The van der Waals surface area contributed by atoms with Crippen molar-refractivity contribution in [2.75, 3.05) is 0 Å². The number of hydrogen-bond acceptors (Lipinski definition) is 3. The fourth-order valence-corrected chi connectivity index (χ4v) is 1.93. The minimum absolute atomic E-state index is 0.432. The van der Waals surface area contributed by atoms with Gasteiger partial charge < -0.3 is 0 Å². The van der Waals surface area contributed by atoms with Crippen LogP contribution >= 0.6 is 0 Å². The van der Waals surface area contributed by atoms with Gasteiger partial charge in [0.25, 0.3) is 0 Å². The summed E-state index contributed by atoms with van der Waals surface area (Å²) in [6.45, 7) is 0.701. The quantitative estimate of drug-likeness (QED) is 0.657. The number of hydrogen-bond donors (Lipinski definition) is 0. The molecule has 3 rings (SSSR count). The Bertz CT molecular complexity index is 689. The van der Waals surface area contributed by atoms with Crippen LogP contribution in [0.2, 0.25) is 0 Å². The van der Waals surface area contributed by atoms with Gasteiger partial charge in [-0.2, -0.15) is 5.10 Å². The summed E-state index contributed by atoms with van der Waals surface area (Å²) in [6, 6.07) is 13.7. The van der Waals surface area contributed by atoms with Crippen LogP contribution in [0.3, 0.4) is 0 Å². The first-order valence-corrected chi connectivity index (χ1v) is 5.68. The fraction of sp³-hybridized carbons (Fsp3) is 0.0714. The summed E-state index contributed by atoms with van der Waals surface area (Å²) in [4.78, 5) is 14.9. The van der Waals surface area contributed by atoms with E-state index in [9.17, 15) is 4.79 Å². The molecule has 4 nitrogen and oxygen atoms in total. The Balaban J connectivity index is 2.00. The maximum absolute atomic E-state index is 10.7. The lowest BCUT2D eigenvalue weighted by atomic mass is 10.2. The summed E-state index contributed by atoms with van der Waals surface area (Å²) in [5, 5.41) is 4.30. The lowest BCUT2D eigenvalue weighted by molar-refractivity contribution is 0.111. The molecule has 2 aromatic heterocycles. The molecular formula is C14H11N3O. The van der Waals surface area contributed by atoms with Crippen LogP contribution in [0.5, 0.6) is 0 Å². The predicted octanol–water partition coefficient (Wildman–Crippen LogP) is 2.29. The van der Waals surface area contributed by atoms with E-state index in [2.05, 4.69) is 22.2 Å². The Morgan fingerprint density at radius 3 is 2.72 bits per heavy atom. The van der Waals surface area contributed by atoms with Gasteiger partial charge in [-0.1, -0.05) is 30.3 Å². The molecule has 0 N–H and O–H groups in total. The Labute approximate surface area is 104 Å². The standard InChI is InChI=1S/C14H11N3O/c18-10-12-6-7-14-13(16-12)8-15-17(14)9-11-4-2-1-3-5-11/h1-8,10H,9H2. The number of carbonyl (C=O) groups is 1. The first kappa shape index (κ1) is 10.7. The molecule has 2 heterocycles. The van der Waals surface area contributed by atoms with Crippen molar-refractivity contribution >= 4 is 17.3 Å². The van der Waals surface area contributed by atoms with Crippen molar-refractivity contribution in [3.63, 3.8) is 0 Å². The molecule has 0 saturated heterocycles. The third kappa shape index (κ3) is 1.88. The molecule has 1 aromatic carbocycles. The summed E-state index contributed by atoms with van der Waals surface area (Å²) >= 11 is 0. The second-order valence-corrected chi connectivity index (χ2v) is 4.05. The van der Waals surface area contributed by atoms with Gasteiger partial charge in [-0.15, -0.1) is 0 Å². The van der Waals surface area contributed by atoms with Crippen molar-refractivity contribution in [1.82, 2.24) is 14.8 Å². The van der Waals surface area contributed by atoms with E-state index < -0.39 is 0 Å². The smallest absolute Gasteiger partial charge is 0.168 e. The molecule has 0 saturated carbocycles. The van der Waals surface area contributed by atoms with Gasteiger partial charge in [-0.25, -0.2) is 4.98 Å². The normalized spacial score (nSPS) is 10.7. The van der Waals surface area contributed by atoms with Gasteiger partial charge in [0.15, 0.2) is 6.29 Å². The highest BCUT2D eigenvalue weighted by Crippen LogP contribution is 2.13. The lowest BCUT2D eigenvalue weighted by Crippen LogP contribution is -2.01. The van der Waals surface area contributed by atoms with Gasteiger partial charge in [0.05, 0.1) is 18.3 Å². The van der Waals surface area contributed by atoms with Crippen molar-refractivity contribution in [1.29, 1.82) is 0 Å². The van der Waals surface area contributed by atoms with Crippen molar-refractivity contribution in [3.05, 3.63) is 59.9 Å². The van der Waals surface area contributed by atoms with E-state index in [1.54, 1.807) is 12.3 Å². The van der Waals surface area contributed by atoms with E-state index in [1.807, 2.05) is 28.9 Å². The van der Waals surface area contributed by atoms with E-state index in [0.29, 0.717) is 12.2 Å². The third-order valence-corrected chi connectivity index (χ3v) is 2.82. The molecule has 18 heavy (non-hydrogen) atoms. The Morgan fingerprint density at radius 2 is 1.94 bits per heavy atom. The summed E-state index contributed by atoms with van der Waals surface area (Å²) in [5.41, 5.74) is 3.30. The zero-order chi connectivity index (χ0) is 12.4. The van der Waals surface area contributed by atoms with Gasteiger partial charge in [0, 0.05) is 0 Å². The predicted molar refractivity (Wildman–Crippen MR) is 68.5 cm³/mol. The van der Waals surface area contributed by atoms with E-state index in [-0.39, 0.29) is 0 Å². The van der Waals surface area contributed by atoms with Crippen LogP contribution in [0.1, 0.15) is 16.1 Å². The molecular weight excluding hydrogens is 226 g/mol. The summed E-state index contributed by atoms with van der Waals surface area (Å²) in [5.74, 6) is 0. The molecule has 0 aliphatic heterocycles. The second-order valence-electron chi connectivity index (χ2n) is 4.05. The number of fused-ring (bicyclic) bond motifs is 1. The molecule has 88 valence electrons. The van der Waals surface area contributed by atoms with Crippen molar-refractivity contribution in [3.8, 4) is 0 Å². The molecule has 0 unspecified atom stereocenters. The van der Waals surface area contributed by atoms with Gasteiger partial charge in [0.2, 0.25) is 0 Å². The minimum Gasteiger partial charge on any atom is -0.296 e. The number of rotatable bonds is 3. The number of pyridine rings is 1. The number of aromatic nitrogens is 3. The van der Waals surface area contributed by atoms with E-state index in [4.69, 9.17) is 0 Å². The summed E-state index contributed by atoms with van der Waals surface area (Å²) in [7, 11) is 0.